The van der Waals surface area contributed by atoms with Gasteiger partial charge in [0.25, 0.3) is 0 Å². The van der Waals surface area contributed by atoms with E-state index in [2.05, 4.69) is 77.4 Å². The van der Waals surface area contributed by atoms with Crippen LogP contribution >= 0.6 is 0 Å². The Labute approximate surface area is 171 Å². The first-order valence-electron chi connectivity index (χ1n) is 11.3. The van der Waals surface area contributed by atoms with Gasteiger partial charge in [-0.05, 0) is 43.4 Å². The highest BCUT2D eigenvalue weighted by molar-refractivity contribution is 5.38. The first-order chi connectivity index (χ1) is 13.9. The quantitative estimate of drug-likeness (QED) is 0.537. The van der Waals surface area contributed by atoms with Gasteiger partial charge in [-0.1, -0.05) is 98.9 Å². The van der Waals surface area contributed by atoms with Gasteiger partial charge in [0.2, 0.25) is 0 Å². The van der Waals surface area contributed by atoms with Gasteiger partial charge >= 0.3 is 0 Å². The van der Waals surface area contributed by atoms with Crippen LogP contribution in [0.3, 0.4) is 0 Å². The Kier molecular flexibility index (Phi) is 6.85. The zero-order chi connectivity index (χ0) is 19.0. The first kappa shape index (κ1) is 19.3. The lowest BCUT2D eigenvalue weighted by atomic mass is 9.86. The molecule has 2 aromatic rings. The van der Waals surface area contributed by atoms with E-state index >= 15 is 0 Å². The van der Waals surface area contributed by atoms with Gasteiger partial charge in [-0.15, -0.1) is 0 Å². The van der Waals surface area contributed by atoms with Gasteiger partial charge in [0.05, 0.1) is 6.04 Å². The number of benzene rings is 2. The van der Waals surface area contributed by atoms with Crippen LogP contribution in [0.2, 0.25) is 0 Å². The van der Waals surface area contributed by atoms with E-state index in [1.807, 2.05) is 0 Å². The lowest BCUT2D eigenvalue weighted by Gasteiger charge is -2.44. The lowest BCUT2D eigenvalue weighted by molar-refractivity contribution is 0.0579. The van der Waals surface area contributed by atoms with Crippen LogP contribution in [0.1, 0.15) is 81.4 Å². The molecule has 1 nitrogen and oxygen atoms in total. The summed E-state index contributed by atoms with van der Waals surface area (Å²) in [5, 5.41) is 0. The summed E-state index contributed by atoms with van der Waals surface area (Å²) in [6.45, 7) is 0. The van der Waals surface area contributed by atoms with Crippen molar-refractivity contribution < 1.29 is 0 Å². The third-order valence-electron chi connectivity index (χ3n) is 6.53. The maximum Gasteiger partial charge on any atom is 0.0979 e. The van der Waals surface area contributed by atoms with Crippen LogP contribution in [0.5, 0.6) is 0 Å². The van der Waals surface area contributed by atoms with Crippen LogP contribution in [0.25, 0.3) is 0 Å². The molecule has 2 aliphatic rings. The van der Waals surface area contributed by atoms with E-state index in [0.717, 1.165) is 5.56 Å². The smallest absolute Gasteiger partial charge is 0.0979 e. The monoisotopic (exact) mass is 371 g/mol. The summed E-state index contributed by atoms with van der Waals surface area (Å²) < 4.78 is 0. The van der Waals surface area contributed by atoms with Gasteiger partial charge < -0.3 is 0 Å². The van der Waals surface area contributed by atoms with Crippen molar-refractivity contribution in [2.24, 2.45) is 0 Å². The number of rotatable bonds is 4. The molecule has 0 N–H and O–H groups in total. The van der Waals surface area contributed by atoms with Crippen LogP contribution in [0.4, 0.5) is 0 Å². The van der Waals surface area contributed by atoms with Crippen LogP contribution in [0, 0.1) is 11.8 Å². The fourth-order valence-electron chi connectivity index (χ4n) is 5.12. The van der Waals surface area contributed by atoms with E-state index in [9.17, 15) is 0 Å². The molecule has 2 fully saturated rings. The summed E-state index contributed by atoms with van der Waals surface area (Å²) in [4.78, 5) is 2.85. The maximum absolute atomic E-state index is 3.72. The molecule has 2 aromatic carbocycles. The summed E-state index contributed by atoms with van der Waals surface area (Å²) >= 11 is 0. The second-order valence-corrected chi connectivity index (χ2v) is 8.48. The molecule has 0 spiro atoms. The van der Waals surface area contributed by atoms with E-state index in [-0.39, 0.29) is 6.04 Å². The van der Waals surface area contributed by atoms with Crippen molar-refractivity contribution in [1.29, 1.82) is 0 Å². The predicted molar refractivity (Wildman–Crippen MR) is 118 cm³/mol. The number of hydrogen-bond donors (Lipinski definition) is 0. The predicted octanol–water partition coefficient (Wildman–Crippen LogP) is 6.75. The average molecular weight is 372 g/mol. The zero-order valence-corrected chi connectivity index (χ0v) is 17.0. The fourth-order valence-corrected chi connectivity index (χ4v) is 5.12. The van der Waals surface area contributed by atoms with Gasteiger partial charge in [-0.25, -0.2) is 0 Å². The number of hydrogen-bond acceptors (Lipinski definition) is 1. The minimum atomic E-state index is 0.201. The second kappa shape index (κ2) is 9.94. The van der Waals surface area contributed by atoms with Crippen LogP contribution in [-0.2, 0) is 0 Å². The van der Waals surface area contributed by atoms with E-state index in [1.54, 1.807) is 0 Å². The molecule has 4 rings (SSSR count). The van der Waals surface area contributed by atoms with Crippen LogP contribution < -0.4 is 0 Å². The molecule has 2 saturated carbocycles. The second-order valence-electron chi connectivity index (χ2n) is 8.48. The van der Waals surface area contributed by atoms with E-state index < -0.39 is 0 Å². The Balaban J connectivity index is 1.70. The molecule has 0 radical (unpaired) electrons. The molecule has 0 amide bonds. The minimum Gasteiger partial charge on any atom is -0.280 e. The summed E-state index contributed by atoms with van der Waals surface area (Å²) in [5.41, 5.74) is 2.48. The molecule has 1 unspecified atom stereocenters. The van der Waals surface area contributed by atoms with Crippen molar-refractivity contribution in [2.45, 2.75) is 82.3 Å². The van der Waals surface area contributed by atoms with Crippen molar-refractivity contribution in [3.05, 3.63) is 71.8 Å². The molecular weight excluding hydrogens is 338 g/mol. The van der Waals surface area contributed by atoms with Crippen molar-refractivity contribution in [3.8, 4) is 11.8 Å². The molecule has 1 atom stereocenters. The van der Waals surface area contributed by atoms with Gasteiger partial charge in [0, 0.05) is 17.6 Å². The molecular formula is C27H33N. The van der Waals surface area contributed by atoms with Crippen molar-refractivity contribution in [1.82, 2.24) is 4.90 Å². The summed E-state index contributed by atoms with van der Waals surface area (Å²) in [6, 6.07) is 23.1. The molecule has 2 aliphatic carbocycles. The molecule has 0 heterocycles. The van der Waals surface area contributed by atoms with Crippen LogP contribution in [0.15, 0.2) is 60.7 Å². The third kappa shape index (κ3) is 4.86. The highest BCUT2D eigenvalue weighted by atomic mass is 15.2. The van der Waals surface area contributed by atoms with Gasteiger partial charge in [-0.3, -0.25) is 4.90 Å². The molecule has 28 heavy (non-hydrogen) atoms. The fraction of sp³-hybridized carbons (Fsp3) is 0.481. The van der Waals surface area contributed by atoms with Crippen molar-refractivity contribution in [2.75, 3.05) is 0 Å². The lowest BCUT2D eigenvalue weighted by Crippen LogP contribution is -2.47. The summed E-state index contributed by atoms with van der Waals surface area (Å²) in [7, 11) is 0. The Morgan fingerprint density at radius 2 is 1.14 bits per heavy atom. The maximum atomic E-state index is 3.72. The highest BCUT2D eigenvalue weighted by Gasteiger charge is 2.34. The molecule has 146 valence electrons. The Hall–Kier alpha value is -2.04. The largest absolute Gasteiger partial charge is 0.280 e. The van der Waals surface area contributed by atoms with E-state index in [0.29, 0.717) is 12.1 Å². The van der Waals surface area contributed by atoms with Crippen LogP contribution in [-0.4, -0.2) is 17.0 Å². The van der Waals surface area contributed by atoms with Gasteiger partial charge in [0.1, 0.15) is 0 Å². The van der Waals surface area contributed by atoms with Gasteiger partial charge in [0.15, 0.2) is 0 Å². The minimum absolute atomic E-state index is 0.201. The zero-order valence-electron chi connectivity index (χ0n) is 17.0. The standard InChI is InChI=1S/C27H33N/c1-5-13-23(14-6-1)21-22-27(24-15-7-2-8-16-24)28(25-17-9-3-10-18-25)26-19-11-4-12-20-26/h1-2,5-8,13-16,25-27H,3-4,9-12,17-20H2. The van der Waals surface area contributed by atoms with Gasteiger partial charge in [-0.2, -0.15) is 0 Å². The Morgan fingerprint density at radius 3 is 1.68 bits per heavy atom. The van der Waals surface area contributed by atoms with Crippen molar-refractivity contribution in [3.63, 3.8) is 0 Å². The highest BCUT2D eigenvalue weighted by Crippen LogP contribution is 2.36. The molecule has 1 heteroatoms. The molecule has 0 aliphatic heterocycles. The molecule has 0 aromatic heterocycles. The first-order valence-corrected chi connectivity index (χ1v) is 11.3. The molecule has 0 saturated heterocycles. The normalized spacial score (nSPS) is 19.8. The number of nitrogens with zero attached hydrogens (tertiary/aromatic N) is 1. The third-order valence-corrected chi connectivity index (χ3v) is 6.53. The SMILES string of the molecule is C(#CC(c1ccccc1)N(C1CCCCC1)C1CCCCC1)c1ccccc1. The summed E-state index contributed by atoms with van der Waals surface area (Å²) in [5.74, 6) is 7.23. The Bertz CT molecular complexity index is 740. The molecule has 0 bridgehead atoms. The topological polar surface area (TPSA) is 3.24 Å². The van der Waals surface area contributed by atoms with Crippen molar-refractivity contribution >= 4 is 0 Å². The average Bonchev–Trinajstić information content (AvgIpc) is 2.79. The summed E-state index contributed by atoms with van der Waals surface area (Å²) in [6.07, 6.45) is 13.7. The van der Waals surface area contributed by atoms with E-state index in [1.165, 1.54) is 69.8 Å². The Morgan fingerprint density at radius 1 is 0.643 bits per heavy atom. The van der Waals surface area contributed by atoms with E-state index in [4.69, 9.17) is 0 Å².